The van der Waals surface area contributed by atoms with Gasteiger partial charge in [0, 0.05) is 13.6 Å². The van der Waals surface area contributed by atoms with Gasteiger partial charge in [-0.15, -0.1) is 0 Å². The number of nitrogens with zero attached hydrogens (tertiary/aromatic N) is 1. The molecule has 1 aromatic heterocycles. The fourth-order valence-corrected chi connectivity index (χ4v) is 1.44. The molecule has 0 spiro atoms. The van der Waals surface area contributed by atoms with E-state index in [9.17, 15) is 4.79 Å². The summed E-state index contributed by atoms with van der Waals surface area (Å²) in [6.07, 6.45) is 2.32. The molecule has 1 aromatic rings. The summed E-state index contributed by atoms with van der Waals surface area (Å²) >= 11 is 5.71. The van der Waals surface area contributed by atoms with E-state index in [1.807, 2.05) is 7.05 Å². The molecule has 0 aliphatic carbocycles. The Labute approximate surface area is 94.2 Å². The fraction of sp³-hybridized carbons (Fsp3) is 0.500. The number of amides is 1. The van der Waals surface area contributed by atoms with Crippen LogP contribution in [0.5, 0.6) is 0 Å². The van der Waals surface area contributed by atoms with Crippen molar-refractivity contribution in [2.45, 2.75) is 6.42 Å². The molecule has 84 valence electrons. The minimum absolute atomic E-state index is 0.107. The fourth-order valence-electron chi connectivity index (χ4n) is 1.25. The topological polar surface area (TPSA) is 45.5 Å². The lowest BCUT2D eigenvalue weighted by Crippen LogP contribution is -2.29. The summed E-state index contributed by atoms with van der Waals surface area (Å²) in [6.45, 7) is 1.58. The number of carbonyl (C=O) groups excluding carboxylic acids is 1. The van der Waals surface area contributed by atoms with Crippen molar-refractivity contribution in [2.75, 3.05) is 27.2 Å². The van der Waals surface area contributed by atoms with Gasteiger partial charge in [-0.05, 0) is 37.7 Å². The Kier molecular flexibility index (Phi) is 4.65. The summed E-state index contributed by atoms with van der Waals surface area (Å²) in [5.74, 6) is -0.107. The van der Waals surface area contributed by atoms with E-state index in [1.54, 1.807) is 18.0 Å². The molecule has 0 aromatic carbocycles. The largest absolute Gasteiger partial charge is 0.452 e. The normalized spacial score (nSPS) is 10.3. The molecule has 0 radical (unpaired) electrons. The van der Waals surface area contributed by atoms with Crippen molar-refractivity contribution in [1.82, 2.24) is 10.2 Å². The lowest BCUT2D eigenvalue weighted by molar-refractivity contribution is 0.0793. The first-order chi connectivity index (χ1) is 7.16. The summed E-state index contributed by atoms with van der Waals surface area (Å²) in [7, 11) is 3.64. The Morgan fingerprint density at radius 1 is 1.67 bits per heavy atom. The highest BCUT2D eigenvalue weighted by Crippen LogP contribution is 2.18. The van der Waals surface area contributed by atoms with Crippen molar-refractivity contribution in [3.63, 3.8) is 0 Å². The lowest BCUT2D eigenvalue weighted by Gasteiger charge is -2.15. The molecule has 0 unspecified atom stereocenters. The highest BCUT2D eigenvalue weighted by Gasteiger charge is 2.16. The third-order valence-electron chi connectivity index (χ3n) is 2.12. The molecule has 0 aliphatic rings. The summed E-state index contributed by atoms with van der Waals surface area (Å²) < 4.78 is 4.87. The third kappa shape index (κ3) is 3.25. The first-order valence-electron chi connectivity index (χ1n) is 4.80. The van der Waals surface area contributed by atoms with Gasteiger partial charge in [-0.2, -0.15) is 0 Å². The van der Waals surface area contributed by atoms with Crippen LogP contribution in [-0.2, 0) is 0 Å². The second-order valence-corrected chi connectivity index (χ2v) is 3.64. The summed E-state index contributed by atoms with van der Waals surface area (Å²) in [4.78, 5) is 13.4. The molecular formula is C10H15ClN2O2. The van der Waals surface area contributed by atoms with E-state index in [4.69, 9.17) is 16.0 Å². The highest BCUT2D eigenvalue weighted by atomic mass is 35.5. The van der Waals surface area contributed by atoms with Crippen LogP contribution in [0.3, 0.4) is 0 Å². The van der Waals surface area contributed by atoms with Crippen molar-refractivity contribution >= 4 is 17.5 Å². The van der Waals surface area contributed by atoms with Crippen LogP contribution in [0.2, 0.25) is 5.22 Å². The van der Waals surface area contributed by atoms with Gasteiger partial charge in [-0.3, -0.25) is 4.79 Å². The predicted molar refractivity (Wildman–Crippen MR) is 59.2 cm³/mol. The molecule has 1 rings (SSSR count). The number of rotatable bonds is 5. The summed E-state index contributed by atoms with van der Waals surface area (Å²) in [6, 6.07) is 1.58. The van der Waals surface area contributed by atoms with Crippen LogP contribution in [0.25, 0.3) is 0 Å². The van der Waals surface area contributed by atoms with Crippen molar-refractivity contribution in [3.8, 4) is 0 Å². The number of hydrogen-bond acceptors (Lipinski definition) is 3. The number of furan rings is 1. The number of hydrogen-bond donors (Lipinski definition) is 1. The zero-order valence-corrected chi connectivity index (χ0v) is 9.67. The van der Waals surface area contributed by atoms with E-state index < -0.39 is 0 Å². The van der Waals surface area contributed by atoms with Crippen LogP contribution in [-0.4, -0.2) is 38.0 Å². The molecular weight excluding hydrogens is 216 g/mol. The van der Waals surface area contributed by atoms with Gasteiger partial charge in [0.25, 0.3) is 5.91 Å². The Morgan fingerprint density at radius 2 is 2.40 bits per heavy atom. The molecule has 15 heavy (non-hydrogen) atoms. The standard InChI is InChI=1S/C10H15ClN2O2/c1-12-5-3-6-13(2)10(14)8-4-7-15-9(8)11/h4,7,12H,3,5-6H2,1-2H3. The second kappa shape index (κ2) is 5.78. The average Bonchev–Trinajstić information content (AvgIpc) is 2.63. The Balaban J connectivity index is 2.50. The van der Waals surface area contributed by atoms with Crippen LogP contribution in [0, 0.1) is 0 Å². The van der Waals surface area contributed by atoms with Gasteiger partial charge < -0.3 is 14.6 Å². The van der Waals surface area contributed by atoms with Gasteiger partial charge in [-0.25, -0.2) is 0 Å². The van der Waals surface area contributed by atoms with Crippen molar-refractivity contribution in [3.05, 3.63) is 23.1 Å². The first kappa shape index (κ1) is 12.1. The lowest BCUT2D eigenvalue weighted by atomic mass is 10.3. The molecule has 0 bridgehead atoms. The summed E-state index contributed by atoms with van der Waals surface area (Å²) in [5, 5.41) is 3.18. The molecule has 0 saturated heterocycles. The predicted octanol–water partition coefficient (Wildman–Crippen LogP) is 1.61. The van der Waals surface area contributed by atoms with E-state index in [1.165, 1.54) is 6.26 Å². The van der Waals surface area contributed by atoms with E-state index in [0.29, 0.717) is 12.1 Å². The Bertz CT molecular complexity index is 325. The van der Waals surface area contributed by atoms with E-state index in [-0.39, 0.29) is 11.1 Å². The van der Waals surface area contributed by atoms with Crippen LogP contribution in [0.15, 0.2) is 16.7 Å². The molecule has 0 atom stereocenters. The molecule has 0 fully saturated rings. The van der Waals surface area contributed by atoms with Gasteiger partial charge in [0.15, 0.2) is 0 Å². The second-order valence-electron chi connectivity index (χ2n) is 3.29. The van der Waals surface area contributed by atoms with Gasteiger partial charge >= 0.3 is 0 Å². The number of carbonyl (C=O) groups is 1. The van der Waals surface area contributed by atoms with Crippen LogP contribution in [0.4, 0.5) is 0 Å². The first-order valence-corrected chi connectivity index (χ1v) is 5.17. The maximum atomic E-state index is 11.8. The third-order valence-corrected chi connectivity index (χ3v) is 2.41. The van der Waals surface area contributed by atoms with Crippen LogP contribution >= 0.6 is 11.6 Å². The molecule has 5 heteroatoms. The van der Waals surface area contributed by atoms with E-state index in [0.717, 1.165) is 13.0 Å². The molecule has 1 amide bonds. The zero-order valence-electron chi connectivity index (χ0n) is 8.92. The minimum Gasteiger partial charge on any atom is -0.452 e. The molecule has 4 nitrogen and oxygen atoms in total. The van der Waals surface area contributed by atoms with Crippen LogP contribution < -0.4 is 5.32 Å². The van der Waals surface area contributed by atoms with Gasteiger partial charge in [0.2, 0.25) is 5.22 Å². The minimum atomic E-state index is -0.107. The van der Waals surface area contributed by atoms with Gasteiger partial charge in [0.1, 0.15) is 0 Å². The highest BCUT2D eigenvalue weighted by molar-refractivity contribution is 6.32. The quantitative estimate of drug-likeness (QED) is 0.782. The Hall–Kier alpha value is -1.00. The number of halogens is 1. The van der Waals surface area contributed by atoms with E-state index in [2.05, 4.69) is 5.32 Å². The van der Waals surface area contributed by atoms with Gasteiger partial charge in [0.05, 0.1) is 11.8 Å². The number of nitrogens with one attached hydrogen (secondary N) is 1. The molecule has 1 heterocycles. The molecule has 0 aliphatic heterocycles. The Morgan fingerprint density at radius 3 is 2.93 bits per heavy atom. The SMILES string of the molecule is CNCCCN(C)C(=O)c1ccoc1Cl. The van der Waals surface area contributed by atoms with E-state index >= 15 is 0 Å². The monoisotopic (exact) mass is 230 g/mol. The zero-order chi connectivity index (χ0) is 11.3. The van der Waals surface area contributed by atoms with Gasteiger partial charge in [-0.1, -0.05) is 0 Å². The molecule has 1 N–H and O–H groups in total. The van der Waals surface area contributed by atoms with Crippen molar-refractivity contribution < 1.29 is 9.21 Å². The van der Waals surface area contributed by atoms with Crippen molar-refractivity contribution in [1.29, 1.82) is 0 Å². The summed E-state index contributed by atoms with van der Waals surface area (Å²) in [5.41, 5.74) is 0.420. The van der Waals surface area contributed by atoms with Crippen LogP contribution in [0.1, 0.15) is 16.8 Å². The van der Waals surface area contributed by atoms with Crippen molar-refractivity contribution in [2.24, 2.45) is 0 Å². The average molecular weight is 231 g/mol. The molecule has 0 saturated carbocycles. The smallest absolute Gasteiger partial charge is 0.258 e. The maximum Gasteiger partial charge on any atom is 0.258 e. The maximum absolute atomic E-state index is 11.8.